The maximum atomic E-state index is 13.7. The van der Waals surface area contributed by atoms with E-state index in [0.717, 1.165) is 13.0 Å². The highest BCUT2D eigenvalue weighted by Gasteiger charge is 2.16. The average molecular weight is 318 g/mol. The molecule has 1 aliphatic heterocycles. The van der Waals surface area contributed by atoms with Gasteiger partial charge in [0.1, 0.15) is 5.82 Å². The maximum Gasteiger partial charge on any atom is 0.220 e. The predicted octanol–water partition coefficient (Wildman–Crippen LogP) is 2.57. The van der Waals surface area contributed by atoms with Crippen LogP contribution >= 0.6 is 0 Å². The number of nitrogens with zero attached hydrogens (tertiary/aromatic N) is 1. The van der Waals surface area contributed by atoms with Gasteiger partial charge in [0.05, 0.1) is 18.4 Å². The summed E-state index contributed by atoms with van der Waals surface area (Å²) >= 11 is 0. The molecule has 0 spiro atoms. The molecule has 3 rings (SSSR count). The summed E-state index contributed by atoms with van der Waals surface area (Å²) in [5, 5.41) is 2.89. The van der Waals surface area contributed by atoms with Crippen LogP contribution in [0.2, 0.25) is 0 Å². The van der Waals surface area contributed by atoms with Crippen LogP contribution in [0.1, 0.15) is 18.7 Å². The quantitative estimate of drug-likeness (QED) is 0.889. The van der Waals surface area contributed by atoms with Gasteiger partial charge in [-0.15, -0.1) is 0 Å². The second kappa shape index (κ2) is 7.37. The summed E-state index contributed by atoms with van der Waals surface area (Å²) in [5.74, 6) is 0.826. The lowest BCUT2D eigenvalue weighted by atomic mass is 10.1. The molecule has 0 radical (unpaired) electrons. The van der Waals surface area contributed by atoms with Crippen molar-refractivity contribution in [2.45, 2.75) is 19.3 Å². The van der Waals surface area contributed by atoms with Gasteiger partial charge in [-0.25, -0.2) is 9.37 Å². The number of benzene rings is 1. The highest BCUT2D eigenvalue weighted by atomic mass is 19.1. The molecular formula is C17H19FN2O3. The normalized spacial score (nSPS) is 17.3. The van der Waals surface area contributed by atoms with Gasteiger partial charge < -0.3 is 14.5 Å². The van der Waals surface area contributed by atoms with Gasteiger partial charge in [-0.1, -0.05) is 12.1 Å². The van der Waals surface area contributed by atoms with Crippen molar-refractivity contribution in [3.05, 3.63) is 42.2 Å². The van der Waals surface area contributed by atoms with Crippen LogP contribution in [0.3, 0.4) is 0 Å². The van der Waals surface area contributed by atoms with Gasteiger partial charge in [-0.2, -0.15) is 0 Å². The smallest absolute Gasteiger partial charge is 0.220 e. The molecule has 1 fully saturated rings. The van der Waals surface area contributed by atoms with Crippen molar-refractivity contribution >= 4 is 5.91 Å². The van der Waals surface area contributed by atoms with Gasteiger partial charge in [0, 0.05) is 31.9 Å². The molecule has 2 heterocycles. The number of oxazole rings is 1. The third-order valence-electron chi connectivity index (χ3n) is 3.87. The van der Waals surface area contributed by atoms with Gasteiger partial charge in [0.2, 0.25) is 5.91 Å². The molecule has 1 N–H and O–H groups in total. The van der Waals surface area contributed by atoms with Crippen LogP contribution in [0.15, 0.2) is 34.9 Å². The van der Waals surface area contributed by atoms with Crippen LogP contribution < -0.4 is 5.32 Å². The first-order valence-electron chi connectivity index (χ1n) is 7.76. The highest BCUT2D eigenvalue weighted by molar-refractivity contribution is 5.76. The molecule has 1 saturated heterocycles. The molecule has 1 atom stereocenters. The minimum atomic E-state index is -0.355. The number of aromatic nitrogens is 1. The Morgan fingerprint density at radius 1 is 1.39 bits per heavy atom. The van der Waals surface area contributed by atoms with Crippen LogP contribution in [0.5, 0.6) is 0 Å². The van der Waals surface area contributed by atoms with Crippen molar-refractivity contribution in [2.75, 3.05) is 19.8 Å². The molecular weight excluding hydrogens is 299 g/mol. The number of carbonyl (C=O) groups excluding carboxylic acids is 1. The minimum absolute atomic E-state index is 0.0393. The Kier molecular flexibility index (Phi) is 5.02. The molecule has 122 valence electrons. The molecule has 1 aromatic carbocycles. The zero-order valence-corrected chi connectivity index (χ0v) is 12.8. The van der Waals surface area contributed by atoms with E-state index < -0.39 is 0 Å². The fourth-order valence-corrected chi connectivity index (χ4v) is 2.52. The Morgan fingerprint density at radius 3 is 3.04 bits per heavy atom. The number of amides is 1. The van der Waals surface area contributed by atoms with Crippen LogP contribution in [-0.2, 0) is 16.0 Å². The number of carbonyl (C=O) groups is 1. The standard InChI is InChI=1S/C17H19FN2O3/c18-14-4-2-1-3-13(14)15-10-20-17(23-15)6-5-16(21)19-9-12-7-8-22-11-12/h1-4,10,12H,5-9,11H2,(H,19,21)/t12-/m1/s1. The van der Waals surface area contributed by atoms with Crippen molar-refractivity contribution in [3.8, 4) is 11.3 Å². The maximum absolute atomic E-state index is 13.7. The molecule has 1 aliphatic rings. The summed E-state index contributed by atoms with van der Waals surface area (Å²) < 4.78 is 24.5. The SMILES string of the molecule is O=C(CCc1ncc(-c2ccccc2F)o1)NC[C@H]1CCOC1. The third-order valence-corrected chi connectivity index (χ3v) is 3.87. The van der Waals surface area contributed by atoms with Crippen molar-refractivity contribution in [1.29, 1.82) is 0 Å². The Balaban J connectivity index is 1.49. The molecule has 23 heavy (non-hydrogen) atoms. The number of halogens is 1. The lowest BCUT2D eigenvalue weighted by Crippen LogP contribution is -2.29. The van der Waals surface area contributed by atoms with E-state index in [4.69, 9.17) is 9.15 Å². The molecule has 2 aromatic rings. The summed E-state index contributed by atoms with van der Waals surface area (Å²) in [6, 6.07) is 6.37. The summed E-state index contributed by atoms with van der Waals surface area (Å²) in [5.41, 5.74) is 0.372. The van der Waals surface area contributed by atoms with Crippen molar-refractivity contribution in [3.63, 3.8) is 0 Å². The highest BCUT2D eigenvalue weighted by Crippen LogP contribution is 2.23. The number of ether oxygens (including phenoxy) is 1. The molecule has 1 amide bonds. The lowest BCUT2D eigenvalue weighted by Gasteiger charge is -2.08. The number of aryl methyl sites for hydroxylation is 1. The van der Waals surface area contributed by atoms with Gasteiger partial charge in [0.25, 0.3) is 0 Å². The van der Waals surface area contributed by atoms with Gasteiger partial charge >= 0.3 is 0 Å². The molecule has 0 saturated carbocycles. The Morgan fingerprint density at radius 2 is 2.26 bits per heavy atom. The zero-order chi connectivity index (χ0) is 16.1. The van der Waals surface area contributed by atoms with E-state index in [-0.39, 0.29) is 11.7 Å². The first kappa shape index (κ1) is 15.7. The Bertz CT molecular complexity index is 665. The number of hydrogen-bond acceptors (Lipinski definition) is 4. The predicted molar refractivity (Wildman–Crippen MR) is 82.2 cm³/mol. The topological polar surface area (TPSA) is 64.4 Å². The largest absolute Gasteiger partial charge is 0.441 e. The van der Waals surface area contributed by atoms with Crippen LogP contribution in [-0.4, -0.2) is 30.6 Å². The van der Waals surface area contributed by atoms with Gasteiger partial charge in [0.15, 0.2) is 11.7 Å². The first-order valence-corrected chi connectivity index (χ1v) is 7.76. The van der Waals surface area contributed by atoms with E-state index in [1.54, 1.807) is 18.2 Å². The molecule has 0 unspecified atom stereocenters. The van der Waals surface area contributed by atoms with E-state index >= 15 is 0 Å². The molecule has 0 bridgehead atoms. The molecule has 6 heteroatoms. The van der Waals surface area contributed by atoms with E-state index in [0.29, 0.717) is 49.1 Å². The fourth-order valence-electron chi connectivity index (χ4n) is 2.52. The summed E-state index contributed by atoms with van der Waals surface area (Å²) in [6.45, 7) is 2.13. The second-order valence-corrected chi connectivity index (χ2v) is 5.63. The van der Waals surface area contributed by atoms with Crippen molar-refractivity contribution < 1.29 is 18.3 Å². The number of rotatable bonds is 6. The van der Waals surface area contributed by atoms with E-state index in [1.807, 2.05) is 0 Å². The third kappa shape index (κ3) is 4.16. The first-order chi connectivity index (χ1) is 11.2. The van der Waals surface area contributed by atoms with Crippen LogP contribution in [0.4, 0.5) is 4.39 Å². The van der Waals surface area contributed by atoms with Crippen molar-refractivity contribution in [2.24, 2.45) is 5.92 Å². The summed E-state index contributed by atoms with van der Waals surface area (Å²) in [4.78, 5) is 15.9. The minimum Gasteiger partial charge on any atom is -0.441 e. The fraction of sp³-hybridized carbons (Fsp3) is 0.412. The molecule has 5 nitrogen and oxygen atoms in total. The Labute approximate surface area is 133 Å². The lowest BCUT2D eigenvalue weighted by molar-refractivity contribution is -0.121. The summed E-state index contributed by atoms with van der Waals surface area (Å²) in [6.07, 6.45) is 3.17. The van der Waals surface area contributed by atoms with Crippen LogP contribution in [0, 0.1) is 11.7 Å². The number of hydrogen-bond donors (Lipinski definition) is 1. The Hall–Kier alpha value is -2.21. The monoisotopic (exact) mass is 318 g/mol. The van der Waals surface area contributed by atoms with Crippen LogP contribution in [0.25, 0.3) is 11.3 Å². The van der Waals surface area contributed by atoms with Gasteiger partial charge in [-0.05, 0) is 18.6 Å². The van der Waals surface area contributed by atoms with Gasteiger partial charge in [-0.3, -0.25) is 4.79 Å². The zero-order valence-electron chi connectivity index (χ0n) is 12.8. The van der Waals surface area contributed by atoms with E-state index in [1.165, 1.54) is 12.3 Å². The van der Waals surface area contributed by atoms with E-state index in [2.05, 4.69) is 10.3 Å². The van der Waals surface area contributed by atoms with E-state index in [9.17, 15) is 9.18 Å². The van der Waals surface area contributed by atoms with Crippen molar-refractivity contribution in [1.82, 2.24) is 10.3 Å². The molecule has 0 aliphatic carbocycles. The molecule has 1 aromatic heterocycles. The summed E-state index contributed by atoms with van der Waals surface area (Å²) in [7, 11) is 0. The second-order valence-electron chi connectivity index (χ2n) is 5.63. The average Bonchev–Trinajstić information content (AvgIpc) is 3.23. The number of nitrogens with one attached hydrogen (secondary N) is 1.